The Hall–Kier alpha value is -4.39. The van der Waals surface area contributed by atoms with E-state index in [1.54, 1.807) is 39.0 Å². The number of carbonyl (C=O) groups excluding carboxylic acids is 2. The van der Waals surface area contributed by atoms with E-state index < -0.39 is 23.7 Å². The molecule has 0 saturated carbocycles. The number of benzene rings is 2. The van der Waals surface area contributed by atoms with E-state index in [0.29, 0.717) is 29.1 Å². The van der Waals surface area contributed by atoms with Gasteiger partial charge in [-0.05, 0) is 83.2 Å². The molecule has 4 rings (SSSR count). The summed E-state index contributed by atoms with van der Waals surface area (Å²) in [6.45, 7) is 8.91. The van der Waals surface area contributed by atoms with Crippen LogP contribution in [0.3, 0.4) is 0 Å². The number of methoxy groups -OCH3 is 1. The Bertz CT molecular complexity index is 1430. The average Bonchev–Trinajstić information content (AvgIpc) is 3.40. The average molecular weight is 547 g/mol. The second-order valence-corrected chi connectivity index (χ2v) is 10.9. The highest BCUT2D eigenvalue weighted by atomic mass is 16.6. The SMILES string of the molecule is COC(=O)CN(C(=O)OC(C)(C)C)[C@H]1CCCc2c(-c3noc(-c4ccc(OC(C)C)c(C#N)c4)n3)cccc21. The summed E-state index contributed by atoms with van der Waals surface area (Å²) >= 11 is 0. The molecule has 10 nitrogen and oxygen atoms in total. The van der Waals surface area contributed by atoms with Crippen LogP contribution in [-0.2, 0) is 20.7 Å². The minimum atomic E-state index is -0.726. The largest absolute Gasteiger partial charge is 0.490 e. The molecule has 0 unspecified atom stereocenters. The summed E-state index contributed by atoms with van der Waals surface area (Å²) in [5, 5.41) is 13.8. The first-order valence-corrected chi connectivity index (χ1v) is 13.2. The summed E-state index contributed by atoms with van der Waals surface area (Å²) in [4.78, 5) is 31.5. The number of fused-ring (bicyclic) bond motifs is 1. The minimum Gasteiger partial charge on any atom is -0.490 e. The molecule has 1 aromatic heterocycles. The first-order valence-electron chi connectivity index (χ1n) is 13.2. The number of hydrogen-bond acceptors (Lipinski definition) is 9. The second-order valence-electron chi connectivity index (χ2n) is 10.9. The molecule has 0 N–H and O–H groups in total. The van der Waals surface area contributed by atoms with Gasteiger partial charge in [0, 0.05) is 11.1 Å². The van der Waals surface area contributed by atoms with Crippen molar-refractivity contribution >= 4 is 12.1 Å². The van der Waals surface area contributed by atoms with Crippen LogP contribution < -0.4 is 4.74 Å². The molecule has 2 aromatic carbocycles. The first-order chi connectivity index (χ1) is 19.0. The molecular weight excluding hydrogens is 512 g/mol. The van der Waals surface area contributed by atoms with Gasteiger partial charge in [-0.25, -0.2) is 4.79 Å². The summed E-state index contributed by atoms with van der Waals surface area (Å²) in [6, 6.07) is 12.7. The highest BCUT2D eigenvalue weighted by Gasteiger charge is 2.35. The van der Waals surface area contributed by atoms with Crippen LogP contribution >= 0.6 is 0 Å². The molecule has 1 amide bonds. The molecule has 0 bridgehead atoms. The quantitative estimate of drug-likeness (QED) is 0.335. The lowest BCUT2D eigenvalue weighted by Gasteiger charge is -2.36. The number of nitrogens with zero attached hydrogens (tertiary/aromatic N) is 4. The van der Waals surface area contributed by atoms with Crippen LogP contribution in [0.15, 0.2) is 40.9 Å². The van der Waals surface area contributed by atoms with E-state index >= 15 is 0 Å². The Balaban J connectivity index is 1.69. The lowest BCUT2D eigenvalue weighted by atomic mass is 9.84. The fourth-order valence-electron chi connectivity index (χ4n) is 4.74. The van der Waals surface area contributed by atoms with Crippen molar-refractivity contribution in [2.45, 2.75) is 71.6 Å². The molecule has 1 aliphatic rings. The molecule has 0 aliphatic heterocycles. The summed E-state index contributed by atoms with van der Waals surface area (Å²) in [5.74, 6) is 0.628. The fourth-order valence-corrected chi connectivity index (χ4v) is 4.74. The van der Waals surface area contributed by atoms with E-state index in [-0.39, 0.29) is 18.5 Å². The van der Waals surface area contributed by atoms with Crippen LogP contribution in [-0.4, -0.2) is 52.5 Å². The van der Waals surface area contributed by atoms with Gasteiger partial charge in [-0.2, -0.15) is 10.2 Å². The van der Waals surface area contributed by atoms with Gasteiger partial charge in [0.1, 0.15) is 24.0 Å². The van der Waals surface area contributed by atoms with Gasteiger partial charge in [-0.15, -0.1) is 0 Å². The molecule has 1 atom stereocenters. The van der Waals surface area contributed by atoms with Gasteiger partial charge < -0.3 is 18.7 Å². The van der Waals surface area contributed by atoms with Crippen molar-refractivity contribution in [1.82, 2.24) is 15.0 Å². The molecule has 0 radical (unpaired) electrons. The van der Waals surface area contributed by atoms with Crippen molar-refractivity contribution < 1.29 is 28.3 Å². The third-order valence-corrected chi connectivity index (χ3v) is 6.38. The van der Waals surface area contributed by atoms with Gasteiger partial charge >= 0.3 is 12.1 Å². The molecule has 0 spiro atoms. The van der Waals surface area contributed by atoms with Gasteiger partial charge in [0.25, 0.3) is 5.89 Å². The van der Waals surface area contributed by atoms with Gasteiger partial charge in [-0.3, -0.25) is 9.69 Å². The highest BCUT2D eigenvalue weighted by molar-refractivity contribution is 5.79. The van der Waals surface area contributed by atoms with Crippen molar-refractivity contribution in [3.05, 3.63) is 53.1 Å². The molecule has 3 aromatic rings. The van der Waals surface area contributed by atoms with E-state index in [1.165, 1.54) is 12.0 Å². The van der Waals surface area contributed by atoms with Crippen molar-refractivity contribution in [1.29, 1.82) is 5.26 Å². The maximum Gasteiger partial charge on any atom is 0.411 e. The Morgan fingerprint density at radius 2 is 2.00 bits per heavy atom. The number of amides is 1. The molecule has 1 heterocycles. The molecule has 210 valence electrons. The van der Waals surface area contributed by atoms with Crippen LogP contribution in [0.1, 0.15) is 70.2 Å². The summed E-state index contributed by atoms with van der Waals surface area (Å²) in [7, 11) is 1.29. The molecule has 0 fully saturated rings. The number of hydrogen-bond donors (Lipinski definition) is 0. The zero-order valence-corrected chi connectivity index (χ0v) is 23.7. The number of nitriles is 1. The predicted octanol–water partition coefficient (Wildman–Crippen LogP) is 5.85. The Labute approximate surface area is 233 Å². The normalized spacial score (nSPS) is 14.7. The van der Waals surface area contributed by atoms with Crippen LogP contribution in [0.25, 0.3) is 22.8 Å². The lowest BCUT2D eigenvalue weighted by Crippen LogP contribution is -2.43. The van der Waals surface area contributed by atoms with Crippen molar-refractivity contribution in [2.75, 3.05) is 13.7 Å². The molecule has 10 heteroatoms. The number of carbonyl (C=O) groups is 2. The van der Waals surface area contributed by atoms with Gasteiger partial charge in [0.05, 0.1) is 24.8 Å². The van der Waals surface area contributed by atoms with E-state index in [9.17, 15) is 14.9 Å². The monoisotopic (exact) mass is 546 g/mol. The van der Waals surface area contributed by atoms with Crippen molar-refractivity contribution in [3.63, 3.8) is 0 Å². The summed E-state index contributed by atoms with van der Waals surface area (Å²) in [6.07, 6.45) is 1.53. The van der Waals surface area contributed by atoms with Crippen LogP contribution in [0.2, 0.25) is 0 Å². The zero-order valence-electron chi connectivity index (χ0n) is 23.7. The van der Waals surface area contributed by atoms with Crippen LogP contribution in [0, 0.1) is 11.3 Å². The molecule has 1 aliphatic carbocycles. The first kappa shape index (κ1) is 28.6. The number of aromatic nitrogens is 2. The van der Waals surface area contributed by atoms with Crippen molar-refractivity contribution in [2.24, 2.45) is 0 Å². The van der Waals surface area contributed by atoms with Crippen molar-refractivity contribution in [3.8, 4) is 34.7 Å². The number of ether oxygens (including phenoxy) is 3. The van der Waals surface area contributed by atoms with E-state index in [1.807, 2.05) is 32.0 Å². The Kier molecular flexibility index (Phi) is 8.43. The molecule has 0 saturated heterocycles. The maximum absolute atomic E-state index is 13.2. The zero-order chi connectivity index (χ0) is 29.0. The maximum atomic E-state index is 13.2. The Morgan fingerprint density at radius 3 is 2.67 bits per heavy atom. The second kappa shape index (κ2) is 11.8. The number of rotatable bonds is 7. The van der Waals surface area contributed by atoms with Gasteiger partial charge in [0.15, 0.2) is 0 Å². The summed E-state index contributed by atoms with van der Waals surface area (Å²) in [5.41, 5.74) is 2.90. The smallest absolute Gasteiger partial charge is 0.411 e. The van der Waals surface area contributed by atoms with Crippen LogP contribution in [0.4, 0.5) is 4.79 Å². The number of esters is 1. The summed E-state index contributed by atoms with van der Waals surface area (Å²) < 4.78 is 21.8. The standard InChI is InChI=1S/C30H34N4O6/c1-18(2)38-25-14-13-19(15-20(25)16-31)28-32-27(33-40-28)23-11-7-10-22-21(23)9-8-12-24(22)34(17-26(35)37-6)29(36)39-30(3,4)5/h7,10-11,13-15,18,24H,8-9,12,17H2,1-6H3/t24-/m0/s1. The molecule has 40 heavy (non-hydrogen) atoms. The predicted molar refractivity (Wildman–Crippen MR) is 146 cm³/mol. The van der Waals surface area contributed by atoms with Crippen LogP contribution in [0.5, 0.6) is 5.75 Å². The molecular formula is C30H34N4O6. The highest BCUT2D eigenvalue weighted by Crippen LogP contribution is 2.39. The van der Waals surface area contributed by atoms with E-state index in [0.717, 1.165) is 29.5 Å². The van der Waals surface area contributed by atoms with Gasteiger partial charge in [-0.1, -0.05) is 23.4 Å². The van der Waals surface area contributed by atoms with E-state index in [4.69, 9.17) is 18.7 Å². The third kappa shape index (κ3) is 6.42. The van der Waals surface area contributed by atoms with E-state index in [2.05, 4.69) is 16.2 Å². The topological polar surface area (TPSA) is 128 Å². The van der Waals surface area contributed by atoms with Gasteiger partial charge in [0.2, 0.25) is 5.82 Å². The minimum absolute atomic E-state index is 0.0695. The third-order valence-electron chi connectivity index (χ3n) is 6.38. The fraction of sp³-hybridized carbons (Fsp3) is 0.433. The Morgan fingerprint density at radius 1 is 1.23 bits per heavy atom. The lowest BCUT2D eigenvalue weighted by molar-refractivity contribution is -0.142.